The molecule has 0 heterocycles. The van der Waals surface area contributed by atoms with Gasteiger partial charge in [-0.15, -0.1) is 0 Å². The standard InChI is InChI=1S/C19H37NO4/c1-13(18(3,4)5)11-23-16(21)10-9-15(20)17(22)24-12-14(2)19(6,7)8/h13-15H,9-12,20H2,1-8H3. The summed E-state index contributed by atoms with van der Waals surface area (Å²) in [5, 5.41) is 0. The van der Waals surface area contributed by atoms with Crippen molar-refractivity contribution in [1.29, 1.82) is 0 Å². The highest BCUT2D eigenvalue weighted by molar-refractivity contribution is 5.77. The zero-order valence-electron chi connectivity index (χ0n) is 16.8. The molecule has 0 saturated heterocycles. The van der Waals surface area contributed by atoms with Gasteiger partial charge in [-0.05, 0) is 29.1 Å². The molecule has 0 aromatic heterocycles. The molecule has 0 aromatic carbocycles. The van der Waals surface area contributed by atoms with Crippen LogP contribution in [0.15, 0.2) is 0 Å². The van der Waals surface area contributed by atoms with Crippen LogP contribution in [0, 0.1) is 22.7 Å². The molecular weight excluding hydrogens is 306 g/mol. The Balaban J connectivity index is 4.09. The quantitative estimate of drug-likeness (QED) is 0.682. The molecule has 24 heavy (non-hydrogen) atoms. The average molecular weight is 344 g/mol. The molecule has 0 aliphatic carbocycles. The van der Waals surface area contributed by atoms with Crippen LogP contribution in [0.25, 0.3) is 0 Å². The van der Waals surface area contributed by atoms with Crippen molar-refractivity contribution in [3.8, 4) is 0 Å². The smallest absolute Gasteiger partial charge is 0.322 e. The third-order valence-electron chi connectivity index (χ3n) is 4.89. The molecule has 5 heteroatoms. The van der Waals surface area contributed by atoms with Gasteiger partial charge in [-0.2, -0.15) is 0 Å². The minimum atomic E-state index is -0.787. The van der Waals surface area contributed by atoms with Crippen molar-refractivity contribution in [3.63, 3.8) is 0 Å². The molecule has 0 amide bonds. The molecule has 5 nitrogen and oxygen atoms in total. The maximum Gasteiger partial charge on any atom is 0.322 e. The van der Waals surface area contributed by atoms with Gasteiger partial charge in [-0.25, -0.2) is 0 Å². The predicted molar refractivity (Wildman–Crippen MR) is 96.4 cm³/mol. The molecule has 0 aliphatic heterocycles. The van der Waals surface area contributed by atoms with Gasteiger partial charge < -0.3 is 15.2 Å². The molecule has 0 fully saturated rings. The van der Waals surface area contributed by atoms with Crippen molar-refractivity contribution in [3.05, 3.63) is 0 Å². The highest BCUT2D eigenvalue weighted by Gasteiger charge is 2.24. The maximum atomic E-state index is 11.9. The number of esters is 2. The number of ether oxygens (including phenoxy) is 2. The second-order valence-electron chi connectivity index (χ2n) is 8.99. The van der Waals surface area contributed by atoms with E-state index in [9.17, 15) is 9.59 Å². The summed E-state index contributed by atoms with van der Waals surface area (Å²) < 4.78 is 10.5. The molecule has 3 atom stereocenters. The first-order chi connectivity index (χ1) is 10.7. The van der Waals surface area contributed by atoms with Crippen LogP contribution in [-0.2, 0) is 19.1 Å². The molecule has 0 saturated carbocycles. The number of rotatable bonds is 8. The number of nitrogens with two attached hydrogens (primary N) is 1. The third-order valence-corrected chi connectivity index (χ3v) is 4.89. The Bertz CT molecular complexity index is 407. The van der Waals surface area contributed by atoms with Crippen LogP contribution in [-0.4, -0.2) is 31.2 Å². The summed E-state index contributed by atoms with van der Waals surface area (Å²) >= 11 is 0. The van der Waals surface area contributed by atoms with Gasteiger partial charge in [0, 0.05) is 6.42 Å². The van der Waals surface area contributed by atoms with Crippen LogP contribution in [0.4, 0.5) is 0 Å². The summed E-state index contributed by atoms with van der Waals surface area (Å²) in [5.74, 6) is -0.282. The van der Waals surface area contributed by atoms with E-state index in [4.69, 9.17) is 15.2 Å². The summed E-state index contributed by atoms with van der Waals surface area (Å²) in [5.41, 5.74) is 5.96. The van der Waals surface area contributed by atoms with E-state index in [1.54, 1.807) is 0 Å². The molecule has 0 spiro atoms. The maximum absolute atomic E-state index is 11.9. The largest absolute Gasteiger partial charge is 0.465 e. The average Bonchev–Trinajstić information content (AvgIpc) is 2.44. The minimum absolute atomic E-state index is 0.0674. The van der Waals surface area contributed by atoms with Gasteiger partial charge in [0.1, 0.15) is 6.04 Å². The van der Waals surface area contributed by atoms with E-state index < -0.39 is 12.0 Å². The lowest BCUT2D eigenvalue weighted by Gasteiger charge is -2.27. The lowest BCUT2D eigenvalue weighted by molar-refractivity contribution is -0.149. The van der Waals surface area contributed by atoms with E-state index in [1.807, 2.05) is 13.8 Å². The molecule has 3 unspecified atom stereocenters. The van der Waals surface area contributed by atoms with Gasteiger partial charge in [0.25, 0.3) is 0 Å². The van der Waals surface area contributed by atoms with Crippen molar-refractivity contribution >= 4 is 11.9 Å². The summed E-state index contributed by atoms with van der Waals surface area (Å²) in [4.78, 5) is 23.7. The molecular formula is C19H37NO4. The van der Waals surface area contributed by atoms with Crippen molar-refractivity contribution in [2.75, 3.05) is 13.2 Å². The van der Waals surface area contributed by atoms with Crippen LogP contribution in [0.2, 0.25) is 0 Å². The summed E-state index contributed by atoms with van der Waals surface area (Å²) in [7, 11) is 0. The highest BCUT2D eigenvalue weighted by Crippen LogP contribution is 2.26. The minimum Gasteiger partial charge on any atom is -0.465 e. The van der Waals surface area contributed by atoms with Crippen molar-refractivity contribution in [2.45, 2.75) is 74.3 Å². The number of carbonyl (C=O) groups is 2. The Hall–Kier alpha value is -1.10. The number of hydrogen-bond donors (Lipinski definition) is 1. The van der Waals surface area contributed by atoms with Crippen molar-refractivity contribution in [1.82, 2.24) is 0 Å². The predicted octanol–water partition coefficient (Wildman–Crippen LogP) is 3.54. The Kier molecular flexibility index (Phi) is 8.97. The van der Waals surface area contributed by atoms with Gasteiger partial charge in [0.05, 0.1) is 13.2 Å². The number of carbonyl (C=O) groups excluding carboxylic acids is 2. The number of hydrogen-bond acceptors (Lipinski definition) is 5. The Morgan fingerprint density at radius 1 is 0.875 bits per heavy atom. The fourth-order valence-electron chi connectivity index (χ4n) is 1.50. The van der Waals surface area contributed by atoms with Crippen LogP contribution in [0.3, 0.4) is 0 Å². The van der Waals surface area contributed by atoms with Gasteiger partial charge in [0.2, 0.25) is 0 Å². The molecule has 0 aromatic rings. The fraction of sp³-hybridized carbons (Fsp3) is 0.895. The second kappa shape index (κ2) is 9.40. The van der Waals surface area contributed by atoms with Gasteiger partial charge in [-0.1, -0.05) is 55.4 Å². The van der Waals surface area contributed by atoms with Crippen molar-refractivity contribution < 1.29 is 19.1 Å². The van der Waals surface area contributed by atoms with E-state index >= 15 is 0 Å². The van der Waals surface area contributed by atoms with Gasteiger partial charge >= 0.3 is 11.9 Å². The van der Waals surface area contributed by atoms with Crippen LogP contribution < -0.4 is 5.73 Å². The van der Waals surface area contributed by atoms with E-state index in [0.717, 1.165) is 0 Å². The molecule has 0 rings (SSSR count). The lowest BCUT2D eigenvalue weighted by atomic mass is 9.83. The normalized spacial score (nSPS) is 16.2. The van der Waals surface area contributed by atoms with Gasteiger partial charge in [-0.3, -0.25) is 9.59 Å². The van der Waals surface area contributed by atoms with Crippen LogP contribution in [0.1, 0.15) is 68.2 Å². The Morgan fingerprint density at radius 3 is 1.71 bits per heavy atom. The zero-order valence-corrected chi connectivity index (χ0v) is 16.8. The fourth-order valence-corrected chi connectivity index (χ4v) is 1.50. The van der Waals surface area contributed by atoms with E-state index in [2.05, 4.69) is 41.5 Å². The topological polar surface area (TPSA) is 78.6 Å². The van der Waals surface area contributed by atoms with Crippen LogP contribution >= 0.6 is 0 Å². The summed E-state index contributed by atoms with van der Waals surface area (Å²) in [6, 6.07) is -0.787. The molecule has 142 valence electrons. The summed E-state index contributed by atoms with van der Waals surface area (Å²) in [6.45, 7) is 17.4. The third kappa shape index (κ3) is 9.26. The first-order valence-electron chi connectivity index (χ1n) is 8.83. The zero-order chi connectivity index (χ0) is 19.1. The van der Waals surface area contributed by atoms with E-state index in [1.165, 1.54) is 0 Å². The molecule has 0 radical (unpaired) electrons. The Morgan fingerprint density at radius 2 is 1.29 bits per heavy atom. The SMILES string of the molecule is CC(COC(=O)CCC(N)C(=O)OCC(C)C(C)(C)C)C(C)(C)C. The van der Waals surface area contributed by atoms with Crippen molar-refractivity contribution in [2.24, 2.45) is 28.4 Å². The monoisotopic (exact) mass is 343 g/mol. The van der Waals surface area contributed by atoms with E-state index in [0.29, 0.717) is 13.2 Å². The second-order valence-corrected chi connectivity index (χ2v) is 8.99. The molecule has 2 N–H and O–H groups in total. The summed E-state index contributed by atoms with van der Waals surface area (Å²) in [6.07, 6.45) is 0.368. The first-order valence-corrected chi connectivity index (χ1v) is 8.83. The first kappa shape index (κ1) is 22.9. The lowest BCUT2D eigenvalue weighted by Crippen LogP contribution is -2.35. The highest BCUT2D eigenvalue weighted by atomic mass is 16.5. The molecule has 0 bridgehead atoms. The van der Waals surface area contributed by atoms with Crippen LogP contribution in [0.5, 0.6) is 0 Å². The van der Waals surface area contributed by atoms with Gasteiger partial charge in [0.15, 0.2) is 0 Å². The van der Waals surface area contributed by atoms with E-state index in [-0.39, 0.29) is 41.5 Å². The molecule has 0 aliphatic rings. The Labute approximate surface area is 147 Å².